The molecule has 1 aromatic rings. The minimum atomic E-state index is -1.10. The molecule has 0 saturated carbocycles. The lowest BCUT2D eigenvalue weighted by atomic mass is 10.2. The summed E-state index contributed by atoms with van der Waals surface area (Å²) >= 11 is 0. The van der Waals surface area contributed by atoms with Crippen molar-refractivity contribution in [3.63, 3.8) is 0 Å². The zero-order chi connectivity index (χ0) is 13.4. The van der Waals surface area contributed by atoms with Crippen molar-refractivity contribution in [3.05, 3.63) is 17.5 Å². The number of hydrogen-bond donors (Lipinski definition) is 2. The van der Waals surface area contributed by atoms with Crippen molar-refractivity contribution in [2.75, 3.05) is 6.54 Å². The van der Waals surface area contributed by atoms with Crippen molar-refractivity contribution in [2.24, 2.45) is 7.05 Å². The number of aliphatic carboxylic acids is 1. The van der Waals surface area contributed by atoms with Crippen molar-refractivity contribution in [2.45, 2.75) is 25.5 Å². The van der Waals surface area contributed by atoms with Gasteiger partial charge >= 0.3 is 5.97 Å². The Bertz CT molecular complexity index is 496. The molecular formula is C11H15N3O4. The molecule has 1 fully saturated rings. The molecule has 2 unspecified atom stereocenters. The van der Waals surface area contributed by atoms with Gasteiger partial charge in [-0.3, -0.25) is 9.48 Å². The number of β-amino-alcohol motifs (C(OH)–C–C–N with tert-alkyl or cyclic N) is 1. The summed E-state index contributed by atoms with van der Waals surface area (Å²) in [4.78, 5) is 24.5. The first-order chi connectivity index (χ1) is 8.40. The van der Waals surface area contributed by atoms with Crippen molar-refractivity contribution in [1.82, 2.24) is 14.7 Å². The number of aromatic nitrogens is 2. The van der Waals surface area contributed by atoms with Crippen LogP contribution in [0.4, 0.5) is 0 Å². The molecule has 18 heavy (non-hydrogen) atoms. The number of rotatable bonds is 2. The van der Waals surface area contributed by atoms with Crippen LogP contribution >= 0.6 is 0 Å². The highest BCUT2D eigenvalue weighted by atomic mass is 16.4. The first-order valence-electron chi connectivity index (χ1n) is 5.62. The van der Waals surface area contributed by atoms with E-state index in [9.17, 15) is 14.7 Å². The van der Waals surface area contributed by atoms with Gasteiger partial charge in [-0.2, -0.15) is 5.10 Å². The summed E-state index contributed by atoms with van der Waals surface area (Å²) in [7, 11) is 1.69. The van der Waals surface area contributed by atoms with Gasteiger partial charge in [0.05, 0.1) is 17.4 Å². The van der Waals surface area contributed by atoms with Gasteiger partial charge in [-0.05, 0) is 6.92 Å². The molecule has 7 heteroatoms. The summed E-state index contributed by atoms with van der Waals surface area (Å²) in [5.41, 5.74) is 0.922. The highest BCUT2D eigenvalue weighted by Gasteiger charge is 2.39. The normalized spacial score (nSPS) is 23.4. The van der Waals surface area contributed by atoms with Crippen molar-refractivity contribution in [3.8, 4) is 0 Å². The Morgan fingerprint density at radius 1 is 1.50 bits per heavy atom. The van der Waals surface area contributed by atoms with Crippen LogP contribution in [0.3, 0.4) is 0 Å². The SMILES string of the molecule is Cc1nn(C)cc1C(=O)N1CC(O)CC1C(=O)O. The molecule has 0 radical (unpaired) electrons. The number of aryl methyl sites for hydroxylation is 2. The Kier molecular flexibility index (Phi) is 3.08. The van der Waals surface area contributed by atoms with E-state index in [2.05, 4.69) is 5.10 Å². The van der Waals surface area contributed by atoms with Gasteiger partial charge in [-0.1, -0.05) is 0 Å². The van der Waals surface area contributed by atoms with E-state index in [1.807, 2.05) is 0 Å². The van der Waals surface area contributed by atoms with E-state index < -0.39 is 24.0 Å². The van der Waals surface area contributed by atoms with E-state index in [0.29, 0.717) is 11.3 Å². The van der Waals surface area contributed by atoms with E-state index in [0.717, 1.165) is 0 Å². The summed E-state index contributed by atoms with van der Waals surface area (Å²) in [6.45, 7) is 1.74. The predicted molar refractivity (Wildman–Crippen MR) is 61.0 cm³/mol. The second-order valence-electron chi connectivity index (χ2n) is 4.50. The van der Waals surface area contributed by atoms with E-state index in [4.69, 9.17) is 5.11 Å². The van der Waals surface area contributed by atoms with Gasteiger partial charge in [0.2, 0.25) is 0 Å². The Hall–Kier alpha value is -1.89. The van der Waals surface area contributed by atoms with Crippen LogP contribution in [-0.2, 0) is 11.8 Å². The Labute approximate surface area is 104 Å². The summed E-state index contributed by atoms with van der Waals surface area (Å²) in [6, 6.07) is -0.966. The van der Waals surface area contributed by atoms with Crippen LogP contribution in [0.25, 0.3) is 0 Å². The monoisotopic (exact) mass is 253 g/mol. The third kappa shape index (κ3) is 2.08. The number of nitrogens with zero attached hydrogens (tertiary/aromatic N) is 3. The molecule has 0 aromatic carbocycles. The molecule has 0 aliphatic carbocycles. The lowest BCUT2D eigenvalue weighted by molar-refractivity contribution is -0.141. The highest BCUT2D eigenvalue weighted by Crippen LogP contribution is 2.21. The molecule has 7 nitrogen and oxygen atoms in total. The average Bonchev–Trinajstić information content (AvgIpc) is 2.81. The average molecular weight is 253 g/mol. The number of likely N-dealkylation sites (tertiary alicyclic amines) is 1. The third-order valence-corrected chi connectivity index (χ3v) is 3.07. The highest BCUT2D eigenvalue weighted by molar-refractivity contribution is 5.97. The number of carbonyl (C=O) groups excluding carboxylic acids is 1. The zero-order valence-corrected chi connectivity index (χ0v) is 10.2. The number of hydrogen-bond acceptors (Lipinski definition) is 4. The molecule has 2 heterocycles. The summed E-state index contributed by atoms with van der Waals surface area (Å²) in [5.74, 6) is -1.49. The standard InChI is InChI=1S/C11H15N3O4/c1-6-8(5-13(2)12-6)10(16)14-4-7(15)3-9(14)11(17)18/h5,7,9,15H,3-4H2,1-2H3,(H,17,18). The first-order valence-corrected chi connectivity index (χ1v) is 5.62. The summed E-state index contributed by atoms with van der Waals surface area (Å²) in [6.07, 6.45) is 0.841. The largest absolute Gasteiger partial charge is 0.480 e. The van der Waals surface area contributed by atoms with Crippen LogP contribution in [0, 0.1) is 6.92 Å². The molecule has 1 amide bonds. The van der Waals surface area contributed by atoms with Gasteiger partial charge in [-0.15, -0.1) is 0 Å². The fourth-order valence-corrected chi connectivity index (χ4v) is 2.24. The molecule has 0 bridgehead atoms. The van der Waals surface area contributed by atoms with Crippen LogP contribution in [-0.4, -0.2) is 55.5 Å². The third-order valence-electron chi connectivity index (χ3n) is 3.07. The number of carboxylic acids is 1. The van der Waals surface area contributed by atoms with E-state index in [-0.39, 0.29) is 13.0 Å². The number of aliphatic hydroxyl groups excluding tert-OH is 1. The molecule has 2 rings (SSSR count). The van der Waals surface area contributed by atoms with Gasteiger partial charge in [0.25, 0.3) is 5.91 Å². The van der Waals surface area contributed by atoms with Gasteiger partial charge in [0, 0.05) is 26.2 Å². The number of aliphatic hydroxyl groups is 1. The van der Waals surface area contributed by atoms with Crippen LogP contribution < -0.4 is 0 Å². The van der Waals surface area contributed by atoms with Crippen LogP contribution in [0.15, 0.2) is 6.20 Å². The summed E-state index contributed by atoms with van der Waals surface area (Å²) in [5, 5.41) is 22.6. The lowest BCUT2D eigenvalue weighted by Crippen LogP contribution is -2.40. The maximum atomic E-state index is 12.2. The van der Waals surface area contributed by atoms with Crippen LogP contribution in [0.2, 0.25) is 0 Å². The van der Waals surface area contributed by atoms with Gasteiger partial charge in [0.1, 0.15) is 6.04 Å². The molecular weight excluding hydrogens is 238 g/mol. The Morgan fingerprint density at radius 3 is 2.67 bits per heavy atom. The van der Waals surface area contributed by atoms with Crippen LogP contribution in [0.5, 0.6) is 0 Å². The molecule has 1 aliphatic rings. The smallest absolute Gasteiger partial charge is 0.326 e. The molecule has 2 N–H and O–H groups in total. The van der Waals surface area contributed by atoms with Crippen LogP contribution in [0.1, 0.15) is 22.5 Å². The van der Waals surface area contributed by atoms with Gasteiger partial charge < -0.3 is 15.1 Å². The predicted octanol–water partition coefficient (Wildman–Crippen LogP) is -0.611. The molecule has 1 aliphatic heterocycles. The second kappa shape index (κ2) is 4.41. The maximum absolute atomic E-state index is 12.2. The zero-order valence-electron chi connectivity index (χ0n) is 10.2. The molecule has 2 atom stereocenters. The molecule has 98 valence electrons. The molecule has 1 aromatic heterocycles. The number of amides is 1. The first kappa shape index (κ1) is 12.6. The lowest BCUT2D eigenvalue weighted by Gasteiger charge is -2.20. The summed E-state index contributed by atoms with van der Waals surface area (Å²) < 4.78 is 1.50. The van der Waals surface area contributed by atoms with Crippen molar-refractivity contribution >= 4 is 11.9 Å². The van der Waals surface area contributed by atoms with Crippen molar-refractivity contribution < 1.29 is 19.8 Å². The van der Waals surface area contributed by atoms with E-state index in [1.54, 1.807) is 20.2 Å². The number of carboxylic acid groups (broad SMARTS) is 1. The topological polar surface area (TPSA) is 95.7 Å². The molecule has 0 spiro atoms. The Morgan fingerprint density at radius 2 is 2.17 bits per heavy atom. The second-order valence-corrected chi connectivity index (χ2v) is 4.50. The maximum Gasteiger partial charge on any atom is 0.326 e. The molecule has 1 saturated heterocycles. The fraction of sp³-hybridized carbons (Fsp3) is 0.545. The number of carbonyl (C=O) groups is 2. The van der Waals surface area contributed by atoms with Crippen molar-refractivity contribution in [1.29, 1.82) is 0 Å². The Balaban J connectivity index is 2.28. The minimum absolute atomic E-state index is 0.0458. The van der Waals surface area contributed by atoms with Gasteiger partial charge in [-0.25, -0.2) is 4.79 Å². The minimum Gasteiger partial charge on any atom is -0.480 e. The van der Waals surface area contributed by atoms with E-state index in [1.165, 1.54) is 9.58 Å². The quantitative estimate of drug-likeness (QED) is 0.733. The van der Waals surface area contributed by atoms with E-state index >= 15 is 0 Å². The van der Waals surface area contributed by atoms with Gasteiger partial charge in [0.15, 0.2) is 0 Å². The fourth-order valence-electron chi connectivity index (χ4n) is 2.24.